The van der Waals surface area contributed by atoms with Crippen LogP contribution in [0.1, 0.15) is 40.0 Å². The molecule has 3 nitrogen and oxygen atoms in total. The third-order valence-corrected chi connectivity index (χ3v) is 4.14. The maximum atomic E-state index is 12.6. The van der Waals surface area contributed by atoms with E-state index in [1.165, 1.54) is 0 Å². The van der Waals surface area contributed by atoms with E-state index in [0.29, 0.717) is 12.7 Å². The van der Waals surface area contributed by atoms with Gasteiger partial charge in [0.15, 0.2) is 5.57 Å². The van der Waals surface area contributed by atoms with Gasteiger partial charge >= 0.3 is 12.1 Å². The Balaban J connectivity index is 2.31. The van der Waals surface area contributed by atoms with Gasteiger partial charge in [-0.05, 0) is 24.7 Å². The van der Waals surface area contributed by atoms with E-state index >= 15 is 0 Å². The number of carbonyl (C=O) groups excluding carboxylic acids is 1. The van der Waals surface area contributed by atoms with E-state index in [1.807, 2.05) is 20.8 Å². The number of esters is 1. The molecule has 0 amide bonds. The van der Waals surface area contributed by atoms with Crippen molar-refractivity contribution in [3.8, 4) is 0 Å². The average molecular weight is 292 g/mol. The predicted molar refractivity (Wildman–Crippen MR) is 65.4 cm³/mol. The number of rotatable bonds is 1. The number of carbonyl (C=O) groups is 1. The molecule has 3 atom stereocenters. The zero-order valence-corrected chi connectivity index (χ0v) is 11.8. The predicted octanol–water partition coefficient (Wildman–Crippen LogP) is 3.79. The summed E-state index contributed by atoms with van der Waals surface area (Å²) in [5.74, 6) is -2.25. The first-order valence-corrected chi connectivity index (χ1v) is 6.84. The molecular weight excluding hydrogens is 273 g/mol. The summed E-state index contributed by atoms with van der Waals surface area (Å²) in [4.78, 5) is 11.7. The van der Waals surface area contributed by atoms with Crippen molar-refractivity contribution >= 4 is 5.97 Å². The van der Waals surface area contributed by atoms with Crippen LogP contribution in [0.15, 0.2) is 11.8 Å². The summed E-state index contributed by atoms with van der Waals surface area (Å²) in [6.07, 6.45) is -2.03. The van der Waals surface area contributed by atoms with Crippen LogP contribution in [0.25, 0.3) is 0 Å². The molecule has 0 aromatic heterocycles. The summed E-state index contributed by atoms with van der Waals surface area (Å²) < 4.78 is 48.4. The van der Waals surface area contributed by atoms with Gasteiger partial charge < -0.3 is 9.47 Å². The van der Waals surface area contributed by atoms with Crippen molar-refractivity contribution < 1.29 is 27.4 Å². The largest absolute Gasteiger partial charge is 0.459 e. The molecule has 1 aliphatic heterocycles. The SMILES string of the molecule is CC(C)[C@@H]1CC[C@@H](C)C[C@]12OC=C(C(F)(F)F)C(=O)O2. The second kappa shape index (κ2) is 4.97. The number of ether oxygens (including phenoxy) is 2. The monoisotopic (exact) mass is 292 g/mol. The van der Waals surface area contributed by atoms with Gasteiger partial charge in [-0.2, -0.15) is 13.2 Å². The first-order valence-electron chi connectivity index (χ1n) is 6.84. The minimum atomic E-state index is -4.74. The maximum Gasteiger partial charge on any atom is 0.426 e. The van der Waals surface area contributed by atoms with E-state index in [-0.39, 0.29) is 17.8 Å². The second-order valence-electron chi connectivity index (χ2n) is 6.09. The molecule has 0 saturated heterocycles. The fourth-order valence-corrected chi connectivity index (χ4v) is 3.14. The van der Waals surface area contributed by atoms with Gasteiger partial charge in [0.2, 0.25) is 0 Å². The Morgan fingerprint density at radius 2 is 2.00 bits per heavy atom. The van der Waals surface area contributed by atoms with Crippen LogP contribution in [0.2, 0.25) is 0 Å². The molecule has 2 aliphatic rings. The fourth-order valence-electron chi connectivity index (χ4n) is 3.14. The molecule has 0 N–H and O–H groups in total. The van der Waals surface area contributed by atoms with Crippen LogP contribution in [0.5, 0.6) is 0 Å². The molecule has 1 aliphatic carbocycles. The minimum absolute atomic E-state index is 0.0892. The Kier molecular flexibility index (Phi) is 3.77. The molecule has 0 aromatic rings. The zero-order chi connectivity index (χ0) is 15.1. The van der Waals surface area contributed by atoms with E-state index in [1.54, 1.807) is 0 Å². The van der Waals surface area contributed by atoms with Gasteiger partial charge in [-0.1, -0.05) is 20.8 Å². The van der Waals surface area contributed by atoms with E-state index in [9.17, 15) is 18.0 Å². The lowest BCUT2D eigenvalue weighted by Crippen LogP contribution is -2.53. The van der Waals surface area contributed by atoms with Crippen LogP contribution in [0.3, 0.4) is 0 Å². The minimum Gasteiger partial charge on any atom is -0.459 e. The topological polar surface area (TPSA) is 35.5 Å². The molecule has 1 heterocycles. The Morgan fingerprint density at radius 1 is 1.35 bits per heavy atom. The van der Waals surface area contributed by atoms with Gasteiger partial charge in [0.05, 0.1) is 0 Å². The maximum absolute atomic E-state index is 12.6. The normalized spacial score (nSPS) is 34.8. The highest BCUT2D eigenvalue weighted by Crippen LogP contribution is 2.47. The lowest BCUT2D eigenvalue weighted by Gasteiger charge is -2.47. The zero-order valence-electron chi connectivity index (χ0n) is 11.8. The standard InChI is InChI=1S/C14H19F3O3/c1-8(2)10-5-4-9(3)6-13(10)19-7-11(12(18)20-13)14(15,16)17/h7-10H,4-6H2,1-3H3/t9-,10+,13-/m1/s1. The van der Waals surface area contributed by atoms with Crippen molar-refractivity contribution in [3.63, 3.8) is 0 Å². The highest BCUT2D eigenvalue weighted by Gasteiger charge is 2.54. The summed E-state index contributed by atoms with van der Waals surface area (Å²) in [6, 6.07) is 0. The van der Waals surface area contributed by atoms with Crippen LogP contribution in [0, 0.1) is 17.8 Å². The van der Waals surface area contributed by atoms with Crippen molar-refractivity contribution in [2.24, 2.45) is 17.8 Å². The Bertz CT molecular complexity index is 428. The number of hydrogen-bond donors (Lipinski definition) is 0. The second-order valence-corrected chi connectivity index (χ2v) is 6.09. The Hall–Kier alpha value is -1.20. The van der Waals surface area contributed by atoms with Gasteiger partial charge in [-0.25, -0.2) is 4.79 Å². The van der Waals surface area contributed by atoms with E-state index in [2.05, 4.69) is 0 Å². The van der Waals surface area contributed by atoms with Crippen LogP contribution in [0.4, 0.5) is 13.2 Å². The van der Waals surface area contributed by atoms with Gasteiger partial charge in [-0.3, -0.25) is 0 Å². The summed E-state index contributed by atoms with van der Waals surface area (Å²) in [6.45, 7) is 5.91. The lowest BCUT2D eigenvalue weighted by molar-refractivity contribution is -0.268. The highest BCUT2D eigenvalue weighted by molar-refractivity contribution is 5.90. The molecular formula is C14H19F3O3. The smallest absolute Gasteiger partial charge is 0.426 e. The lowest BCUT2D eigenvalue weighted by atomic mass is 9.72. The molecule has 1 spiro atoms. The molecule has 0 bridgehead atoms. The van der Waals surface area contributed by atoms with Crippen LogP contribution >= 0.6 is 0 Å². The van der Waals surface area contributed by atoms with E-state index in [0.717, 1.165) is 12.8 Å². The average Bonchev–Trinajstić information content (AvgIpc) is 2.25. The summed E-state index contributed by atoms with van der Waals surface area (Å²) >= 11 is 0. The van der Waals surface area contributed by atoms with E-state index < -0.39 is 23.5 Å². The molecule has 0 radical (unpaired) electrons. The van der Waals surface area contributed by atoms with Crippen LogP contribution in [-0.4, -0.2) is 17.9 Å². The Morgan fingerprint density at radius 3 is 2.50 bits per heavy atom. The summed E-state index contributed by atoms with van der Waals surface area (Å²) in [5, 5.41) is 0. The first-order chi connectivity index (χ1) is 9.16. The Labute approximate surface area is 116 Å². The molecule has 1 fully saturated rings. The van der Waals surface area contributed by atoms with Crippen molar-refractivity contribution in [2.45, 2.75) is 52.0 Å². The quantitative estimate of drug-likeness (QED) is 0.690. The highest BCUT2D eigenvalue weighted by atomic mass is 19.4. The molecule has 0 aromatic carbocycles. The van der Waals surface area contributed by atoms with Crippen molar-refractivity contribution in [1.29, 1.82) is 0 Å². The molecule has 6 heteroatoms. The molecule has 114 valence electrons. The molecule has 2 rings (SSSR count). The van der Waals surface area contributed by atoms with E-state index in [4.69, 9.17) is 9.47 Å². The van der Waals surface area contributed by atoms with Gasteiger partial charge in [-0.15, -0.1) is 0 Å². The summed E-state index contributed by atoms with van der Waals surface area (Å²) in [5.41, 5.74) is -1.37. The fraction of sp³-hybridized carbons (Fsp3) is 0.786. The third-order valence-electron chi connectivity index (χ3n) is 4.14. The van der Waals surface area contributed by atoms with Crippen molar-refractivity contribution in [3.05, 3.63) is 11.8 Å². The molecule has 1 saturated carbocycles. The molecule has 0 unspecified atom stereocenters. The number of alkyl halides is 3. The van der Waals surface area contributed by atoms with Gasteiger partial charge in [0.1, 0.15) is 6.26 Å². The first kappa shape index (κ1) is 15.2. The van der Waals surface area contributed by atoms with Crippen molar-refractivity contribution in [2.75, 3.05) is 0 Å². The molecule has 20 heavy (non-hydrogen) atoms. The third kappa shape index (κ3) is 2.65. The van der Waals surface area contributed by atoms with Crippen LogP contribution < -0.4 is 0 Å². The van der Waals surface area contributed by atoms with Gasteiger partial charge in [0, 0.05) is 12.3 Å². The van der Waals surface area contributed by atoms with Gasteiger partial charge in [0.25, 0.3) is 5.79 Å². The van der Waals surface area contributed by atoms with Crippen molar-refractivity contribution in [1.82, 2.24) is 0 Å². The summed E-state index contributed by atoms with van der Waals surface area (Å²) in [7, 11) is 0. The number of hydrogen-bond acceptors (Lipinski definition) is 3. The number of halogens is 3. The van der Waals surface area contributed by atoms with Crippen LogP contribution in [-0.2, 0) is 14.3 Å².